The Morgan fingerprint density at radius 3 is 2.69 bits per heavy atom. The number of ether oxygens (including phenoxy) is 2. The van der Waals surface area contributed by atoms with E-state index in [1.54, 1.807) is 14.2 Å². The number of rotatable bonds is 10. The van der Waals surface area contributed by atoms with Crippen LogP contribution in [-0.2, 0) is 11.3 Å². The summed E-state index contributed by atoms with van der Waals surface area (Å²) in [5.74, 6) is 2.08. The van der Waals surface area contributed by atoms with Crippen LogP contribution in [0.5, 0.6) is 11.5 Å². The third-order valence-corrected chi connectivity index (χ3v) is 5.35. The Morgan fingerprint density at radius 1 is 1.23 bits per heavy atom. The Hall–Kier alpha value is -2.00. The number of carbonyl (C=O) groups excluding carboxylic acids is 1. The molecular formula is C17H24N4O3S2. The van der Waals surface area contributed by atoms with Gasteiger partial charge in [-0.15, -0.1) is 10.2 Å². The zero-order valence-corrected chi connectivity index (χ0v) is 17.0. The molecule has 2 rings (SSSR count). The van der Waals surface area contributed by atoms with Crippen molar-refractivity contribution in [3.05, 3.63) is 23.8 Å². The molecule has 142 valence electrons. The summed E-state index contributed by atoms with van der Waals surface area (Å²) in [6.07, 6.45) is 0. The second-order valence-electron chi connectivity index (χ2n) is 5.90. The average molecular weight is 397 g/mol. The molecular weight excluding hydrogens is 372 g/mol. The zero-order valence-electron chi connectivity index (χ0n) is 15.4. The number of carbonyl (C=O) groups is 1. The van der Waals surface area contributed by atoms with E-state index in [2.05, 4.69) is 34.7 Å². The number of hydrogen-bond donors (Lipinski definition) is 2. The maximum Gasteiger partial charge on any atom is 0.230 e. The molecule has 0 unspecified atom stereocenters. The van der Waals surface area contributed by atoms with Crippen LogP contribution >= 0.6 is 23.1 Å². The van der Waals surface area contributed by atoms with Gasteiger partial charge < -0.3 is 20.1 Å². The summed E-state index contributed by atoms with van der Waals surface area (Å²) in [6, 6.07) is 5.57. The lowest BCUT2D eigenvalue weighted by atomic mass is 10.2. The standard InChI is InChI=1S/C17H24N4O3S2/c1-11(2)8-19-16-20-21-17(26-16)25-10-15(22)18-9-12-5-6-13(23-3)14(7-12)24-4/h5-7,11H,8-10H2,1-4H3,(H,18,22)(H,19,20). The van der Waals surface area contributed by atoms with Crippen LogP contribution in [0.1, 0.15) is 19.4 Å². The number of thioether (sulfide) groups is 1. The number of hydrogen-bond acceptors (Lipinski definition) is 8. The van der Waals surface area contributed by atoms with Gasteiger partial charge in [0.1, 0.15) is 0 Å². The van der Waals surface area contributed by atoms with E-state index >= 15 is 0 Å². The largest absolute Gasteiger partial charge is 0.493 e. The van der Waals surface area contributed by atoms with Crippen molar-refractivity contribution in [2.45, 2.75) is 24.7 Å². The Morgan fingerprint density at radius 2 is 2.00 bits per heavy atom. The topological polar surface area (TPSA) is 85.4 Å². The van der Waals surface area contributed by atoms with Gasteiger partial charge in [-0.05, 0) is 23.6 Å². The van der Waals surface area contributed by atoms with Gasteiger partial charge in [0.25, 0.3) is 0 Å². The number of anilines is 1. The lowest BCUT2D eigenvalue weighted by Gasteiger charge is -2.10. The molecule has 2 aromatic rings. The fourth-order valence-electron chi connectivity index (χ4n) is 2.00. The first kappa shape index (κ1) is 20.3. The Bertz CT molecular complexity index is 722. The van der Waals surface area contributed by atoms with E-state index < -0.39 is 0 Å². The third-order valence-electron chi connectivity index (χ3n) is 3.33. The summed E-state index contributed by atoms with van der Waals surface area (Å²) in [5, 5.41) is 15.1. The van der Waals surface area contributed by atoms with Crippen LogP contribution in [-0.4, -0.2) is 42.6 Å². The van der Waals surface area contributed by atoms with Crippen molar-refractivity contribution < 1.29 is 14.3 Å². The second-order valence-corrected chi connectivity index (χ2v) is 8.10. The van der Waals surface area contributed by atoms with Crippen LogP contribution in [0.3, 0.4) is 0 Å². The first-order valence-corrected chi connectivity index (χ1v) is 9.99. The van der Waals surface area contributed by atoms with Crippen LogP contribution in [0.4, 0.5) is 5.13 Å². The molecule has 0 aliphatic carbocycles. The fourth-order valence-corrected chi connectivity index (χ4v) is 3.59. The summed E-state index contributed by atoms with van der Waals surface area (Å²) in [7, 11) is 3.18. The number of aromatic nitrogens is 2. The van der Waals surface area contributed by atoms with Gasteiger partial charge in [0.05, 0.1) is 20.0 Å². The van der Waals surface area contributed by atoms with E-state index in [-0.39, 0.29) is 5.91 Å². The van der Waals surface area contributed by atoms with Gasteiger partial charge in [0, 0.05) is 13.1 Å². The molecule has 1 amide bonds. The smallest absolute Gasteiger partial charge is 0.230 e. The highest BCUT2D eigenvalue weighted by atomic mass is 32.2. The van der Waals surface area contributed by atoms with E-state index in [1.165, 1.54) is 23.1 Å². The van der Waals surface area contributed by atoms with E-state index in [4.69, 9.17) is 9.47 Å². The Kier molecular flexibility index (Phi) is 7.99. The number of benzene rings is 1. The SMILES string of the molecule is COc1ccc(CNC(=O)CSc2nnc(NCC(C)C)s2)cc1OC. The van der Waals surface area contributed by atoms with Crippen LogP contribution in [0, 0.1) is 5.92 Å². The van der Waals surface area contributed by atoms with Crippen molar-refractivity contribution in [3.8, 4) is 11.5 Å². The minimum Gasteiger partial charge on any atom is -0.493 e. The summed E-state index contributed by atoms with van der Waals surface area (Å²) in [6.45, 7) is 5.54. The fraction of sp³-hybridized carbons (Fsp3) is 0.471. The van der Waals surface area contributed by atoms with Crippen LogP contribution in [0.15, 0.2) is 22.5 Å². The first-order chi connectivity index (χ1) is 12.5. The van der Waals surface area contributed by atoms with Crippen LogP contribution in [0.2, 0.25) is 0 Å². The highest BCUT2D eigenvalue weighted by molar-refractivity contribution is 8.01. The third kappa shape index (κ3) is 6.38. The molecule has 0 saturated heterocycles. The van der Waals surface area contributed by atoms with E-state index in [0.717, 1.165) is 21.6 Å². The zero-order chi connectivity index (χ0) is 18.9. The predicted molar refractivity (Wildman–Crippen MR) is 105 cm³/mol. The first-order valence-electron chi connectivity index (χ1n) is 8.19. The number of methoxy groups -OCH3 is 2. The van der Waals surface area contributed by atoms with Crippen LogP contribution < -0.4 is 20.1 Å². The molecule has 0 aliphatic heterocycles. The van der Waals surface area contributed by atoms with Gasteiger partial charge in [-0.2, -0.15) is 0 Å². The van der Waals surface area contributed by atoms with Crippen molar-refractivity contribution in [1.82, 2.24) is 15.5 Å². The molecule has 1 heterocycles. The summed E-state index contributed by atoms with van der Waals surface area (Å²) in [5.41, 5.74) is 0.942. The predicted octanol–water partition coefficient (Wildman–Crippen LogP) is 3.03. The van der Waals surface area contributed by atoms with Crippen LogP contribution in [0.25, 0.3) is 0 Å². The van der Waals surface area contributed by atoms with E-state index in [9.17, 15) is 4.79 Å². The second kappa shape index (κ2) is 10.2. The maximum atomic E-state index is 12.0. The molecule has 0 aliphatic rings. The molecule has 0 fully saturated rings. The monoisotopic (exact) mass is 396 g/mol. The normalized spacial score (nSPS) is 10.7. The number of nitrogens with one attached hydrogen (secondary N) is 2. The molecule has 1 aromatic carbocycles. The molecule has 0 bridgehead atoms. The van der Waals surface area contributed by atoms with Crippen molar-refractivity contribution in [2.75, 3.05) is 31.8 Å². The Labute approximate surface area is 161 Å². The number of nitrogens with zero attached hydrogens (tertiary/aromatic N) is 2. The van der Waals surface area contributed by atoms with Crippen molar-refractivity contribution in [3.63, 3.8) is 0 Å². The van der Waals surface area contributed by atoms with Crippen molar-refractivity contribution in [1.29, 1.82) is 0 Å². The summed E-state index contributed by atoms with van der Waals surface area (Å²) >= 11 is 2.84. The molecule has 7 nitrogen and oxygen atoms in total. The van der Waals surface area contributed by atoms with E-state index in [1.807, 2.05) is 18.2 Å². The Balaban J connectivity index is 1.77. The van der Waals surface area contributed by atoms with Gasteiger partial charge in [-0.1, -0.05) is 43.0 Å². The minimum atomic E-state index is -0.0586. The molecule has 26 heavy (non-hydrogen) atoms. The molecule has 9 heteroatoms. The van der Waals surface area contributed by atoms with Gasteiger partial charge in [0.15, 0.2) is 15.8 Å². The highest BCUT2D eigenvalue weighted by Gasteiger charge is 2.09. The highest BCUT2D eigenvalue weighted by Crippen LogP contribution is 2.28. The number of amides is 1. The molecule has 0 spiro atoms. The minimum absolute atomic E-state index is 0.0586. The molecule has 0 saturated carbocycles. The van der Waals surface area contributed by atoms with Crippen molar-refractivity contribution in [2.24, 2.45) is 5.92 Å². The quantitative estimate of drug-likeness (QED) is 0.597. The van der Waals surface area contributed by atoms with E-state index in [0.29, 0.717) is 29.7 Å². The average Bonchev–Trinajstić information content (AvgIpc) is 3.10. The summed E-state index contributed by atoms with van der Waals surface area (Å²) in [4.78, 5) is 12.0. The maximum absolute atomic E-state index is 12.0. The van der Waals surface area contributed by atoms with Gasteiger partial charge in [0.2, 0.25) is 11.0 Å². The lowest BCUT2D eigenvalue weighted by Crippen LogP contribution is -2.24. The molecule has 1 aromatic heterocycles. The van der Waals surface area contributed by atoms with Crippen molar-refractivity contribution >= 4 is 34.1 Å². The summed E-state index contributed by atoms with van der Waals surface area (Å²) < 4.78 is 11.2. The molecule has 2 N–H and O–H groups in total. The van der Waals surface area contributed by atoms with Gasteiger partial charge in [-0.25, -0.2) is 0 Å². The van der Waals surface area contributed by atoms with Gasteiger partial charge in [-0.3, -0.25) is 4.79 Å². The van der Waals surface area contributed by atoms with Gasteiger partial charge >= 0.3 is 0 Å². The molecule has 0 radical (unpaired) electrons. The lowest BCUT2D eigenvalue weighted by molar-refractivity contribution is -0.118. The molecule has 0 atom stereocenters.